The first kappa shape index (κ1) is 12.9. The molecule has 0 atom stereocenters. The molecule has 2 rings (SSSR count). The molecule has 1 aromatic carbocycles. The number of nitriles is 1. The average molecular weight is 254 g/mol. The number of aryl methyl sites for hydroxylation is 2. The lowest BCUT2D eigenvalue weighted by Gasteiger charge is -2.12. The van der Waals surface area contributed by atoms with Crippen molar-refractivity contribution < 1.29 is 4.74 Å². The van der Waals surface area contributed by atoms with Gasteiger partial charge in [-0.2, -0.15) is 5.26 Å². The third kappa shape index (κ3) is 2.23. The Bertz CT molecular complexity index is 724. The summed E-state index contributed by atoms with van der Waals surface area (Å²) in [6, 6.07) is 9.40. The minimum absolute atomic E-state index is 0.106. The molecule has 4 heteroatoms. The van der Waals surface area contributed by atoms with Gasteiger partial charge in [0, 0.05) is 16.8 Å². The SMILES string of the molecule is COc1c(C)cccc1-c1cc(C)[nH]c(=O)c1C#N. The van der Waals surface area contributed by atoms with Crippen LogP contribution in [0.3, 0.4) is 0 Å². The zero-order valence-corrected chi connectivity index (χ0v) is 11.1. The highest BCUT2D eigenvalue weighted by Crippen LogP contribution is 2.33. The Hall–Kier alpha value is -2.54. The second kappa shape index (κ2) is 4.99. The van der Waals surface area contributed by atoms with Crippen molar-refractivity contribution in [2.45, 2.75) is 13.8 Å². The van der Waals surface area contributed by atoms with E-state index in [4.69, 9.17) is 4.74 Å². The predicted octanol–water partition coefficient (Wildman–Crippen LogP) is 2.54. The van der Waals surface area contributed by atoms with E-state index >= 15 is 0 Å². The quantitative estimate of drug-likeness (QED) is 0.895. The molecule has 0 radical (unpaired) electrons. The number of para-hydroxylation sites is 1. The number of hydrogen-bond acceptors (Lipinski definition) is 3. The molecule has 0 amide bonds. The largest absolute Gasteiger partial charge is 0.496 e. The Morgan fingerprint density at radius 1 is 1.26 bits per heavy atom. The second-order valence-corrected chi connectivity index (χ2v) is 4.34. The van der Waals surface area contributed by atoms with Crippen LogP contribution in [0.25, 0.3) is 11.1 Å². The van der Waals surface area contributed by atoms with Crippen molar-refractivity contribution in [3.8, 4) is 22.9 Å². The Kier molecular flexibility index (Phi) is 3.39. The number of aromatic nitrogens is 1. The highest BCUT2D eigenvalue weighted by atomic mass is 16.5. The van der Waals surface area contributed by atoms with Crippen molar-refractivity contribution in [3.05, 3.63) is 51.4 Å². The number of nitrogens with one attached hydrogen (secondary N) is 1. The molecule has 0 aliphatic rings. The summed E-state index contributed by atoms with van der Waals surface area (Å²) in [5.41, 5.74) is 2.76. The van der Waals surface area contributed by atoms with E-state index in [1.54, 1.807) is 20.1 Å². The Morgan fingerprint density at radius 2 is 2.00 bits per heavy atom. The number of hydrogen-bond donors (Lipinski definition) is 1. The minimum Gasteiger partial charge on any atom is -0.496 e. The van der Waals surface area contributed by atoms with E-state index in [0.717, 1.165) is 11.1 Å². The van der Waals surface area contributed by atoms with Crippen LogP contribution < -0.4 is 10.3 Å². The lowest BCUT2D eigenvalue weighted by Crippen LogP contribution is -2.13. The van der Waals surface area contributed by atoms with Crippen LogP contribution in [0.4, 0.5) is 0 Å². The van der Waals surface area contributed by atoms with E-state index in [-0.39, 0.29) is 11.1 Å². The van der Waals surface area contributed by atoms with Gasteiger partial charge in [0.15, 0.2) is 0 Å². The summed E-state index contributed by atoms with van der Waals surface area (Å²) in [7, 11) is 1.58. The van der Waals surface area contributed by atoms with Gasteiger partial charge in [-0.15, -0.1) is 0 Å². The Balaban J connectivity index is 2.84. The van der Waals surface area contributed by atoms with Crippen molar-refractivity contribution >= 4 is 0 Å². The first-order valence-electron chi connectivity index (χ1n) is 5.86. The summed E-state index contributed by atoms with van der Waals surface area (Å²) >= 11 is 0. The number of pyridine rings is 1. The molecule has 0 unspecified atom stereocenters. The van der Waals surface area contributed by atoms with E-state index < -0.39 is 0 Å². The van der Waals surface area contributed by atoms with Crippen molar-refractivity contribution in [3.63, 3.8) is 0 Å². The molecule has 0 spiro atoms. The van der Waals surface area contributed by atoms with Crippen LogP contribution in [0, 0.1) is 25.2 Å². The van der Waals surface area contributed by atoms with Gasteiger partial charge in [0.2, 0.25) is 0 Å². The lowest BCUT2D eigenvalue weighted by atomic mass is 9.98. The molecule has 0 bridgehead atoms. The van der Waals surface area contributed by atoms with Crippen LogP contribution >= 0.6 is 0 Å². The molecular weight excluding hydrogens is 240 g/mol. The zero-order chi connectivity index (χ0) is 14.0. The molecule has 1 aromatic heterocycles. The van der Waals surface area contributed by atoms with Gasteiger partial charge in [-0.3, -0.25) is 4.79 Å². The van der Waals surface area contributed by atoms with Gasteiger partial charge in [-0.05, 0) is 25.5 Å². The van der Waals surface area contributed by atoms with Crippen molar-refractivity contribution in [1.82, 2.24) is 4.98 Å². The number of nitrogens with zero attached hydrogens (tertiary/aromatic N) is 1. The van der Waals surface area contributed by atoms with Gasteiger partial charge < -0.3 is 9.72 Å². The van der Waals surface area contributed by atoms with Crippen molar-refractivity contribution in [2.75, 3.05) is 7.11 Å². The topological polar surface area (TPSA) is 65.9 Å². The van der Waals surface area contributed by atoms with E-state index in [1.807, 2.05) is 31.2 Å². The fraction of sp³-hybridized carbons (Fsp3) is 0.200. The summed E-state index contributed by atoms with van der Waals surface area (Å²) in [5, 5.41) is 9.17. The van der Waals surface area contributed by atoms with E-state index in [9.17, 15) is 10.1 Å². The van der Waals surface area contributed by atoms with Crippen molar-refractivity contribution in [1.29, 1.82) is 5.26 Å². The molecule has 0 aliphatic heterocycles. The maximum atomic E-state index is 11.8. The number of methoxy groups -OCH3 is 1. The maximum absolute atomic E-state index is 11.8. The number of benzene rings is 1. The number of aromatic amines is 1. The zero-order valence-electron chi connectivity index (χ0n) is 11.1. The van der Waals surface area contributed by atoms with Crippen LogP contribution in [0.1, 0.15) is 16.8 Å². The van der Waals surface area contributed by atoms with E-state index in [1.165, 1.54) is 0 Å². The van der Waals surface area contributed by atoms with Crippen LogP contribution in [-0.2, 0) is 0 Å². The van der Waals surface area contributed by atoms with Gasteiger partial charge in [0.25, 0.3) is 5.56 Å². The van der Waals surface area contributed by atoms with E-state index in [2.05, 4.69) is 4.98 Å². The van der Waals surface area contributed by atoms with Crippen LogP contribution in [0.15, 0.2) is 29.1 Å². The fourth-order valence-corrected chi connectivity index (χ4v) is 2.15. The minimum atomic E-state index is -0.374. The predicted molar refractivity (Wildman–Crippen MR) is 73.2 cm³/mol. The van der Waals surface area contributed by atoms with Gasteiger partial charge in [0.1, 0.15) is 17.4 Å². The normalized spacial score (nSPS) is 10.0. The number of H-pyrrole nitrogens is 1. The second-order valence-electron chi connectivity index (χ2n) is 4.34. The third-order valence-corrected chi connectivity index (χ3v) is 2.99. The van der Waals surface area contributed by atoms with Gasteiger partial charge in [-0.25, -0.2) is 0 Å². The molecule has 1 heterocycles. The van der Waals surface area contributed by atoms with Crippen LogP contribution in [-0.4, -0.2) is 12.1 Å². The summed E-state index contributed by atoms with van der Waals surface area (Å²) in [4.78, 5) is 14.5. The summed E-state index contributed by atoms with van der Waals surface area (Å²) in [6.07, 6.45) is 0. The third-order valence-electron chi connectivity index (χ3n) is 2.99. The van der Waals surface area contributed by atoms with Crippen LogP contribution in [0.2, 0.25) is 0 Å². The highest BCUT2D eigenvalue weighted by molar-refractivity contribution is 5.76. The van der Waals surface area contributed by atoms with E-state index in [0.29, 0.717) is 17.0 Å². The molecule has 0 saturated carbocycles. The van der Waals surface area contributed by atoms with Gasteiger partial charge >= 0.3 is 0 Å². The van der Waals surface area contributed by atoms with Gasteiger partial charge in [0.05, 0.1) is 7.11 Å². The molecule has 0 aliphatic carbocycles. The lowest BCUT2D eigenvalue weighted by molar-refractivity contribution is 0.413. The fourth-order valence-electron chi connectivity index (χ4n) is 2.15. The van der Waals surface area contributed by atoms with Crippen molar-refractivity contribution in [2.24, 2.45) is 0 Å². The molecule has 0 saturated heterocycles. The first-order chi connectivity index (χ1) is 9.08. The molecule has 1 N–H and O–H groups in total. The van der Waals surface area contributed by atoms with Gasteiger partial charge in [-0.1, -0.05) is 18.2 Å². The molecule has 0 fully saturated rings. The highest BCUT2D eigenvalue weighted by Gasteiger charge is 2.15. The summed E-state index contributed by atoms with van der Waals surface area (Å²) in [5.74, 6) is 0.684. The molecular formula is C15H14N2O2. The average Bonchev–Trinajstić information content (AvgIpc) is 2.37. The Morgan fingerprint density at radius 3 is 2.63 bits per heavy atom. The molecule has 2 aromatic rings. The Labute approximate surface area is 111 Å². The first-order valence-corrected chi connectivity index (χ1v) is 5.86. The molecule has 96 valence electrons. The maximum Gasteiger partial charge on any atom is 0.266 e. The number of rotatable bonds is 2. The monoisotopic (exact) mass is 254 g/mol. The standard InChI is InChI=1S/C15H14N2O2/c1-9-5-4-6-11(14(9)19-3)12-7-10(2)17-15(18)13(12)8-16/h4-7H,1-3H3,(H,17,18). The van der Waals surface area contributed by atoms with Crippen LogP contribution in [0.5, 0.6) is 5.75 Å². The summed E-state index contributed by atoms with van der Waals surface area (Å²) < 4.78 is 5.39. The summed E-state index contributed by atoms with van der Waals surface area (Å²) in [6.45, 7) is 3.71. The molecule has 4 nitrogen and oxygen atoms in total. The molecule has 19 heavy (non-hydrogen) atoms. The smallest absolute Gasteiger partial charge is 0.266 e. The number of ether oxygens (including phenoxy) is 1.